The maximum Gasteiger partial charge on any atom is 0.251 e. The van der Waals surface area contributed by atoms with Gasteiger partial charge < -0.3 is 14.8 Å². The Morgan fingerprint density at radius 3 is 2.90 bits per heavy atom. The lowest BCUT2D eigenvalue weighted by atomic mass is 9.94. The van der Waals surface area contributed by atoms with Gasteiger partial charge in [0.2, 0.25) is 0 Å². The Morgan fingerprint density at radius 1 is 1.33 bits per heavy atom. The minimum atomic E-state index is -0.385. The Labute approximate surface area is 129 Å². The highest BCUT2D eigenvalue weighted by Gasteiger charge is 2.42. The van der Waals surface area contributed by atoms with Crippen molar-refractivity contribution in [1.82, 2.24) is 5.32 Å². The zero-order chi connectivity index (χ0) is 14.7. The number of rotatable bonds is 3. The first-order valence-electron chi connectivity index (χ1n) is 7.52. The summed E-state index contributed by atoms with van der Waals surface area (Å²) in [6.07, 6.45) is 5.43. The molecule has 0 radical (unpaired) electrons. The molecule has 3 rings (SSSR count). The summed E-state index contributed by atoms with van der Waals surface area (Å²) in [5.41, 5.74) is 0.564. The van der Waals surface area contributed by atoms with Gasteiger partial charge in [0.25, 0.3) is 5.91 Å². The van der Waals surface area contributed by atoms with Crippen LogP contribution in [0.25, 0.3) is 0 Å². The Balaban J connectivity index is 1.51. The van der Waals surface area contributed by atoms with Crippen molar-refractivity contribution < 1.29 is 14.3 Å². The fraction of sp³-hybridized carbons (Fsp3) is 0.562. The van der Waals surface area contributed by atoms with E-state index < -0.39 is 0 Å². The second-order valence-corrected chi connectivity index (χ2v) is 6.18. The van der Waals surface area contributed by atoms with Gasteiger partial charge in [0.05, 0.1) is 6.61 Å². The van der Waals surface area contributed by atoms with Crippen molar-refractivity contribution in [2.75, 3.05) is 13.2 Å². The SMILES string of the molecule is O=C(NC[C@@H]1COC2(CCCCC2)O1)c1cccc(Cl)c1. The van der Waals surface area contributed by atoms with Gasteiger partial charge in [0, 0.05) is 30.0 Å². The molecule has 1 aromatic carbocycles. The van der Waals surface area contributed by atoms with Gasteiger partial charge >= 0.3 is 0 Å². The van der Waals surface area contributed by atoms with Crippen LogP contribution in [0, 0.1) is 0 Å². The number of nitrogens with one attached hydrogen (secondary N) is 1. The molecule has 1 heterocycles. The summed E-state index contributed by atoms with van der Waals surface area (Å²) in [5.74, 6) is -0.519. The molecular formula is C16H20ClNO3. The van der Waals surface area contributed by atoms with E-state index in [9.17, 15) is 4.79 Å². The van der Waals surface area contributed by atoms with E-state index >= 15 is 0 Å². The molecule has 4 nitrogen and oxygen atoms in total. The molecule has 1 aliphatic heterocycles. The zero-order valence-electron chi connectivity index (χ0n) is 11.9. The summed E-state index contributed by atoms with van der Waals surface area (Å²) < 4.78 is 11.9. The average molecular weight is 310 g/mol. The summed E-state index contributed by atoms with van der Waals surface area (Å²) in [6, 6.07) is 6.92. The van der Waals surface area contributed by atoms with Gasteiger partial charge in [-0.2, -0.15) is 0 Å². The molecular weight excluding hydrogens is 290 g/mol. The minimum Gasteiger partial charge on any atom is -0.349 e. The number of hydrogen-bond donors (Lipinski definition) is 1. The highest BCUT2D eigenvalue weighted by molar-refractivity contribution is 6.30. The fourth-order valence-corrected chi connectivity index (χ4v) is 3.20. The predicted octanol–water partition coefficient (Wildman–Crippen LogP) is 3.15. The Hall–Kier alpha value is -1.10. The molecule has 0 aromatic heterocycles. The van der Waals surface area contributed by atoms with E-state index in [1.807, 2.05) is 0 Å². The number of amides is 1. The molecule has 1 aliphatic carbocycles. The summed E-state index contributed by atoms with van der Waals surface area (Å²) in [4.78, 5) is 12.1. The van der Waals surface area contributed by atoms with Crippen molar-refractivity contribution in [3.63, 3.8) is 0 Å². The normalized spacial score (nSPS) is 24.1. The molecule has 1 amide bonds. The van der Waals surface area contributed by atoms with Gasteiger partial charge in [0.15, 0.2) is 5.79 Å². The predicted molar refractivity (Wildman–Crippen MR) is 80.4 cm³/mol. The molecule has 1 spiro atoms. The monoisotopic (exact) mass is 309 g/mol. The van der Waals surface area contributed by atoms with E-state index in [1.54, 1.807) is 24.3 Å². The van der Waals surface area contributed by atoms with E-state index in [0.29, 0.717) is 23.7 Å². The molecule has 114 valence electrons. The van der Waals surface area contributed by atoms with Gasteiger partial charge in [-0.3, -0.25) is 4.79 Å². The maximum absolute atomic E-state index is 12.1. The standard InChI is InChI=1S/C16H20ClNO3/c17-13-6-4-5-12(9-13)15(19)18-10-14-11-20-16(21-14)7-2-1-3-8-16/h4-6,9,14H,1-3,7-8,10-11H2,(H,18,19)/t14-/m1/s1. The summed E-state index contributed by atoms with van der Waals surface area (Å²) in [7, 11) is 0. The second kappa shape index (κ2) is 6.34. The molecule has 1 saturated carbocycles. The van der Waals surface area contributed by atoms with Crippen LogP contribution < -0.4 is 5.32 Å². The third kappa shape index (κ3) is 3.57. The molecule has 1 saturated heterocycles. The molecule has 1 aromatic rings. The lowest BCUT2D eigenvalue weighted by Crippen LogP contribution is -2.37. The first kappa shape index (κ1) is 14.8. The van der Waals surface area contributed by atoms with Crippen LogP contribution in [0.5, 0.6) is 0 Å². The molecule has 1 atom stereocenters. The van der Waals surface area contributed by atoms with Crippen molar-refractivity contribution in [3.05, 3.63) is 34.9 Å². The quantitative estimate of drug-likeness (QED) is 0.933. The van der Waals surface area contributed by atoms with Crippen molar-refractivity contribution in [2.45, 2.75) is 44.0 Å². The minimum absolute atomic E-state index is 0.0637. The van der Waals surface area contributed by atoms with E-state index in [1.165, 1.54) is 6.42 Å². The van der Waals surface area contributed by atoms with Gasteiger partial charge in [-0.05, 0) is 31.0 Å². The Morgan fingerprint density at radius 2 is 2.14 bits per heavy atom. The topological polar surface area (TPSA) is 47.6 Å². The molecule has 2 fully saturated rings. The van der Waals surface area contributed by atoms with E-state index in [0.717, 1.165) is 25.7 Å². The van der Waals surface area contributed by atoms with Crippen molar-refractivity contribution >= 4 is 17.5 Å². The van der Waals surface area contributed by atoms with E-state index in [4.69, 9.17) is 21.1 Å². The van der Waals surface area contributed by atoms with Gasteiger partial charge in [-0.15, -0.1) is 0 Å². The van der Waals surface area contributed by atoms with Crippen LogP contribution in [0.2, 0.25) is 5.02 Å². The first-order chi connectivity index (χ1) is 10.2. The fourth-order valence-electron chi connectivity index (χ4n) is 3.01. The maximum atomic E-state index is 12.1. The summed E-state index contributed by atoms with van der Waals surface area (Å²) >= 11 is 5.89. The van der Waals surface area contributed by atoms with Crippen LogP contribution in [-0.2, 0) is 9.47 Å². The number of carbonyl (C=O) groups excluding carboxylic acids is 1. The number of carbonyl (C=O) groups is 1. The molecule has 0 bridgehead atoms. The molecule has 21 heavy (non-hydrogen) atoms. The number of halogens is 1. The smallest absolute Gasteiger partial charge is 0.251 e. The van der Waals surface area contributed by atoms with E-state index in [-0.39, 0.29) is 17.8 Å². The van der Waals surface area contributed by atoms with Crippen LogP contribution in [-0.4, -0.2) is 30.9 Å². The van der Waals surface area contributed by atoms with Crippen LogP contribution in [0.15, 0.2) is 24.3 Å². The largest absolute Gasteiger partial charge is 0.349 e. The van der Waals surface area contributed by atoms with Crippen LogP contribution in [0.1, 0.15) is 42.5 Å². The van der Waals surface area contributed by atoms with E-state index in [2.05, 4.69) is 5.32 Å². The lowest BCUT2D eigenvalue weighted by Gasteiger charge is -2.31. The molecule has 5 heteroatoms. The van der Waals surface area contributed by atoms with Gasteiger partial charge in [0.1, 0.15) is 6.10 Å². The second-order valence-electron chi connectivity index (χ2n) is 5.74. The Kier molecular flexibility index (Phi) is 4.48. The Bertz CT molecular complexity index is 514. The van der Waals surface area contributed by atoms with Crippen LogP contribution in [0.4, 0.5) is 0 Å². The van der Waals surface area contributed by atoms with Gasteiger partial charge in [-0.25, -0.2) is 0 Å². The van der Waals surface area contributed by atoms with Crippen molar-refractivity contribution in [2.24, 2.45) is 0 Å². The number of ether oxygens (including phenoxy) is 2. The first-order valence-corrected chi connectivity index (χ1v) is 7.90. The highest BCUT2D eigenvalue weighted by atomic mass is 35.5. The van der Waals surface area contributed by atoms with Crippen molar-refractivity contribution in [1.29, 1.82) is 0 Å². The summed E-state index contributed by atoms with van der Waals surface area (Å²) in [6.45, 7) is 1.02. The van der Waals surface area contributed by atoms with Gasteiger partial charge in [-0.1, -0.05) is 24.1 Å². The van der Waals surface area contributed by atoms with Crippen molar-refractivity contribution in [3.8, 4) is 0 Å². The number of benzene rings is 1. The lowest BCUT2D eigenvalue weighted by molar-refractivity contribution is -0.186. The molecule has 0 unspecified atom stereocenters. The molecule has 2 aliphatic rings. The molecule has 1 N–H and O–H groups in total. The third-order valence-electron chi connectivity index (χ3n) is 4.11. The third-order valence-corrected chi connectivity index (χ3v) is 4.34. The zero-order valence-corrected chi connectivity index (χ0v) is 12.7. The average Bonchev–Trinajstić information content (AvgIpc) is 2.88. The highest BCUT2D eigenvalue weighted by Crippen LogP contribution is 2.37. The van der Waals surface area contributed by atoms with Crippen LogP contribution in [0.3, 0.4) is 0 Å². The number of hydrogen-bond acceptors (Lipinski definition) is 3. The summed E-state index contributed by atoms with van der Waals surface area (Å²) in [5, 5.41) is 3.45. The van der Waals surface area contributed by atoms with Crippen LogP contribution >= 0.6 is 11.6 Å².